The van der Waals surface area contributed by atoms with E-state index in [1.54, 1.807) is 43.5 Å². The maximum Gasteiger partial charge on any atom is 0.342 e. The summed E-state index contributed by atoms with van der Waals surface area (Å²) in [6, 6.07) is 19.8. The lowest BCUT2D eigenvalue weighted by molar-refractivity contribution is -0.186. The van der Waals surface area contributed by atoms with Crippen molar-refractivity contribution in [2.45, 2.75) is 12.2 Å². The van der Waals surface area contributed by atoms with E-state index in [0.29, 0.717) is 29.2 Å². The van der Waals surface area contributed by atoms with Gasteiger partial charge in [-0.3, -0.25) is 0 Å². The van der Waals surface area contributed by atoms with E-state index < -0.39 is 17.7 Å². The van der Waals surface area contributed by atoms with Gasteiger partial charge in [-0.1, -0.05) is 42.5 Å². The Morgan fingerprint density at radius 2 is 1.57 bits per heavy atom. The quantitative estimate of drug-likeness (QED) is 0.366. The molecule has 3 aromatic carbocycles. The summed E-state index contributed by atoms with van der Waals surface area (Å²) in [6.45, 7) is 0.0170. The summed E-state index contributed by atoms with van der Waals surface area (Å²) in [6.07, 6.45) is 1.89. The van der Waals surface area contributed by atoms with Gasteiger partial charge in [0.05, 0.1) is 39.9 Å². The lowest BCUT2D eigenvalue weighted by Crippen LogP contribution is -2.33. The normalized spacial score (nSPS) is 18.8. The van der Waals surface area contributed by atoms with Gasteiger partial charge in [0.25, 0.3) is 5.79 Å². The minimum absolute atomic E-state index is 0.0170. The van der Waals surface area contributed by atoms with Crippen molar-refractivity contribution in [2.24, 2.45) is 5.92 Å². The maximum absolute atomic E-state index is 13.7. The van der Waals surface area contributed by atoms with Gasteiger partial charge in [-0.15, -0.1) is 0 Å². The van der Waals surface area contributed by atoms with Crippen molar-refractivity contribution in [2.75, 3.05) is 35.2 Å². The number of aliphatic hydroxyl groups is 1. The number of esters is 1. The third-order valence-electron chi connectivity index (χ3n) is 6.98. The summed E-state index contributed by atoms with van der Waals surface area (Å²) in [5.74, 6) is -1.58. The Balaban J connectivity index is 1.78. The number of benzene rings is 3. The molecule has 2 heterocycles. The molecule has 0 bridgehead atoms. The standard InChI is InChI=1S/C31H30O9/c1-34-22-12-10-20(11-13-22)27-28(23(26-17-38-18-39-26)14-19-8-6-5-7-9-19)31(33,40-30(27)32)21-15-24(35-2)29(37-4)25(16-21)36-3/h5-13,15-17,23,33H,14,18H2,1-4H3. The molecule has 0 saturated heterocycles. The fraction of sp³-hybridized carbons (Fsp3) is 0.258. The van der Waals surface area contributed by atoms with Gasteiger partial charge in [-0.05, 0) is 41.8 Å². The Morgan fingerprint density at radius 1 is 0.900 bits per heavy atom. The lowest BCUT2D eigenvalue weighted by atomic mass is 9.79. The van der Waals surface area contributed by atoms with Crippen LogP contribution in [-0.2, 0) is 31.2 Å². The van der Waals surface area contributed by atoms with E-state index in [1.807, 2.05) is 30.3 Å². The first kappa shape index (κ1) is 27.0. The van der Waals surface area contributed by atoms with Crippen LogP contribution in [0.4, 0.5) is 0 Å². The van der Waals surface area contributed by atoms with Gasteiger partial charge in [0, 0.05) is 11.1 Å². The van der Waals surface area contributed by atoms with Crippen molar-refractivity contribution >= 4 is 11.5 Å². The number of hydrogen-bond acceptors (Lipinski definition) is 9. The SMILES string of the molecule is COc1ccc(C2=C(C(Cc3ccccc3)C3=COCO3)C(O)(c3cc(OC)c(OC)c(OC)c3)OC2=O)cc1. The van der Waals surface area contributed by atoms with Crippen LogP contribution >= 0.6 is 0 Å². The molecule has 2 atom stereocenters. The Hall–Kier alpha value is -4.63. The Kier molecular flexibility index (Phi) is 7.57. The first-order chi connectivity index (χ1) is 19.4. The molecule has 0 aromatic heterocycles. The third kappa shape index (κ3) is 4.80. The molecule has 0 radical (unpaired) electrons. The summed E-state index contributed by atoms with van der Waals surface area (Å²) >= 11 is 0. The second-order valence-corrected chi connectivity index (χ2v) is 9.16. The van der Waals surface area contributed by atoms with E-state index in [1.165, 1.54) is 27.6 Å². The molecule has 0 fully saturated rings. The van der Waals surface area contributed by atoms with E-state index >= 15 is 0 Å². The number of carbonyl (C=O) groups excluding carboxylic acids is 1. The molecular formula is C31H30O9. The van der Waals surface area contributed by atoms with Crippen LogP contribution in [-0.4, -0.2) is 46.3 Å². The molecule has 5 rings (SSSR count). The van der Waals surface area contributed by atoms with Crippen LogP contribution in [0.2, 0.25) is 0 Å². The first-order valence-electron chi connectivity index (χ1n) is 12.6. The number of cyclic esters (lactones) is 1. The Bertz CT molecular complexity index is 1420. The first-order valence-corrected chi connectivity index (χ1v) is 12.6. The summed E-state index contributed by atoms with van der Waals surface area (Å²) in [4.78, 5) is 13.7. The molecule has 9 nitrogen and oxygen atoms in total. The van der Waals surface area contributed by atoms with Crippen LogP contribution in [0.1, 0.15) is 16.7 Å². The minimum Gasteiger partial charge on any atom is -0.497 e. The van der Waals surface area contributed by atoms with E-state index in [-0.39, 0.29) is 35.0 Å². The van der Waals surface area contributed by atoms with Crippen molar-refractivity contribution in [1.29, 1.82) is 0 Å². The second-order valence-electron chi connectivity index (χ2n) is 9.16. The van der Waals surface area contributed by atoms with Gasteiger partial charge >= 0.3 is 5.97 Å². The fourth-order valence-electron chi connectivity index (χ4n) is 5.08. The second kappa shape index (κ2) is 11.2. The molecule has 1 N–H and O–H groups in total. The highest BCUT2D eigenvalue weighted by atomic mass is 16.7. The van der Waals surface area contributed by atoms with Crippen molar-refractivity contribution in [3.63, 3.8) is 0 Å². The van der Waals surface area contributed by atoms with Crippen LogP contribution in [0.15, 0.2) is 84.3 Å². The average Bonchev–Trinajstić information content (AvgIpc) is 3.62. The third-order valence-corrected chi connectivity index (χ3v) is 6.98. The monoisotopic (exact) mass is 546 g/mol. The largest absolute Gasteiger partial charge is 0.497 e. The smallest absolute Gasteiger partial charge is 0.342 e. The van der Waals surface area contributed by atoms with Crippen LogP contribution in [0.5, 0.6) is 23.0 Å². The Labute approximate surface area is 232 Å². The van der Waals surface area contributed by atoms with Gasteiger partial charge in [-0.2, -0.15) is 0 Å². The summed E-state index contributed by atoms with van der Waals surface area (Å²) in [5.41, 5.74) is 2.21. The number of carbonyl (C=O) groups is 1. The molecule has 2 aliphatic rings. The van der Waals surface area contributed by atoms with Gasteiger partial charge in [-0.25, -0.2) is 4.79 Å². The van der Waals surface area contributed by atoms with Crippen LogP contribution < -0.4 is 18.9 Å². The highest BCUT2D eigenvalue weighted by Crippen LogP contribution is 2.52. The van der Waals surface area contributed by atoms with Crippen LogP contribution in [0.25, 0.3) is 5.57 Å². The predicted molar refractivity (Wildman–Crippen MR) is 145 cm³/mol. The van der Waals surface area contributed by atoms with Crippen molar-refractivity contribution < 1.29 is 43.1 Å². The number of hydrogen-bond donors (Lipinski definition) is 1. The lowest BCUT2D eigenvalue weighted by Gasteiger charge is -2.31. The highest BCUT2D eigenvalue weighted by Gasteiger charge is 2.53. The molecule has 9 heteroatoms. The van der Waals surface area contributed by atoms with Gasteiger partial charge in [0.1, 0.15) is 17.8 Å². The number of rotatable bonds is 10. The van der Waals surface area contributed by atoms with Crippen molar-refractivity contribution in [3.8, 4) is 23.0 Å². The van der Waals surface area contributed by atoms with Crippen LogP contribution in [0, 0.1) is 5.92 Å². The molecule has 40 heavy (non-hydrogen) atoms. The van der Waals surface area contributed by atoms with E-state index in [9.17, 15) is 9.90 Å². The molecule has 208 valence electrons. The molecule has 0 saturated carbocycles. The van der Waals surface area contributed by atoms with Gasteiger partial charge < -0.3 is 38.3 Å². The molecule has 2 unspecified atom stereocenters. The Morgan fingerprint density at radius 3 is 2.12 bits per heavy atom. The van der Waals surface area contributed by atoms with Crippen LogP contribution in [0.3, 0.4) is 0 Å². The van der Waals surface area contributed by atoms with Gasteiger partial charge in [0.15, 0.2) is 11.5 Å². The fourth-order valence-corrected chi connectivity index (χ4v) is 5.08. The summed E-state index contributed by atoms with van der Waals surface area (Å²) in [7, 11) is 5.99. The minimum atomic E-state index is -2.22. The molecule has 0 amide bonds. The number of methoxy groups -OCH3 is 4. The predicted octanol–water partition coefficient (Wildman–Crippen LogP) is 4.58. The topological polar surface area (TPSA) is 102 Å². The molecule has 0 aliphatic carbocycles. The zero-order chi connectivity index (χ0) is 28.3. The van der Waals surface area contributed by atoms with Crippen molar-refractivity contribution in [3.05, 3.63) is 101 Å². The summed E-state index contributed by atoms with van der Waals surface area (Å²) < 4.78 is 39.0. The van der Waals surface area contributed by atoms with Gasteiger partial charge in [0.2, 0.25) is 12.5 Å². The van der Waals surface area contributed by atoms with E-state index in [2.05, 4.69) is 0 Å². The molecular weight excluding hydrogens is 516 g/mol. The van der Waals surface area contributed by atoms with E-state index in [4.69, 9.17) is 33.2 Å². The summed E-state index contributed by atoms with van der Waals surface area (Å²) in [5, 5.41) is 12.4. The molecule has 0 spiro atoms. The zero-order valence-corrected chi connectivity index (χ0v) is 22.6. The van der Waals surface area contributed by atoms with E-state index in [0.717, 1.165) is 5.56 Å². The molecule has 2 aliphatic heterocycles. The maximum atomic E-state index is 13.7. The molecule has 3 aromatic rings. The highest BCUT2D eigenvalue weighted by molar-refractivity contribution is 6.20. The zero-order valence-electron chi connectivity index (χ0n) is 22.6. The average molecular weight is 547 g/mol. The van der Waals surface area contributed by atoms with Crippen molar-refractivity contribution in [1.82, 2.24) is 0 Å². The number of ether oxygens (including phenoxy) is 7. The number of allylic oxidation sites excluding steroid dienone is 1.